The van der Waals surface area contributed by atoms with Crippen molar-refractivity contribution in [1.82, 2.24) is 5.32 Å². The Balaban J connectivity index is 1.74. The van der Waals surface area contributed by atoms with E-state index < -0.39 is 0 Å². The van der Waals surface area contributed by atoms with Crippen LogP contribution >= 0.6 is 11.8 Å². The van der Waals surface area contributed by atoms with Gasteiger partial charge in [-0.3, -0.25) is 0 Å². The second-order valence-corrected chi connectivity index (χ2v) is 6.69. The van der Waals surface area contributed by atoms with Crippen molar-refractivity contribution < 1.29 is 9.47 Å². The molecule has 2 heterocycles. The highest BCUT2D eigenvalue weighted by Gasteiger charge is 2.21. The molecule has 1 unspecified atom stereocenters. The van der Waals surface area contributed by atoms with Crippen LogP contribution in [0.5, 0.6) is 11.5 Å². The monoisotopic (exact) mass is 293 g/mol. The molecule has 2 fully saturated rings. The average Bonchev–Trinajstić information content (AvgIpc) is 3.01. The number of piperidine rings is 1. The minimum Gasteiger partial charge on any atom is -0.493 e. The van der Waals surface area contributed by atoms with Crippen molar-refractivity contribution >= 4 is 11.8 Å². The van der Waals surface area contributed by atoms with E-state index in [9.17, 15) is 0 Å². The van der Waals surface area contributed by atoms with Gasteiger partial charge in [-0.1, -0.05) is 6.07 Å². The Morgan fingerprint density at radius 2 is 2.00 bits per heavy atom. The van der Waals surface area contributed by atoms with E-state index in [1.165, 1.54) is 24.2 Å². The van der Waals surface area contributed by atoms with E-state index in [2.05, 4.69) is 23.5 Å². The van der Waals surface area contributed by atoms with Crippen LogP contribution in [0.2, 0.25) is 0 Å². The van der Waals surface area contributed by atoms with E-state index in [1.807, 2.05) is 11.8 Å². The van der Waals surface area contributed by atoms with E-state index in [1.54, 1.807) is 7.11 Å². The first-order valence-corrected chi connectivity index (χ1v) is 8.65. The Labute approximate surface area is 125 Å². The van der Waals surface area contributed by atoms with Crippen molar-refractivity contribution in [3.8, 4) is 11.5 Å². The predicted molar refractivity (Wildman–Crippen MR) is 84.2 cm³/mol. The van der Waals surface area contributed by atoms with Crippen LogP contribution in [0.25, 0.3) is 0 Å². The predicted octanol–water partition coefficient (Wildman–Crippen LogP) is 3.05. The van der Waals surface area contributed by atoms with E-state index >= 15 is 0 Å². The van der Waals surface area contributed by atoms with Crippen LogP contribution in [0, 0.1) is 0 Å². The van der Waals surface area contributed by atoms with Gasteiger partial charge in [0.15, 0.2) is 11.5 Å². The molecule has 1 aromatic carbocycles. The molecule has 0 bridgehead atoms. The molecule has 0 radical (unpaired) electrons. The zero-order valence-electron chi connectivity index (χ0n) is 12.1. The summed E-state index contributed by atoms with van der Waals surface area (Å²) in [5, 5.41) is 3.41. The van der Waals surface area contributed by atoms with Gasteiger partial charge in [-0.15, -0.1) is 0 Å². The lowest BCUT2D eigenvalue weighted by Crippen LogP contribution is -2.26. The summed E-state index contributed by atoms with van der Waals surface area (Å²) >= 11 is 1.97. The SMILES string of the molecule is COc1cc(C2CCNCC2)ccc1OC1CCSC1. The van der Waals surface area contributed by atoms with Crippen LogP contribution in [-0.2, 0) is 0 Å². The molecule has 0 saturated carbocycles. The maximum Gasteiger partial charge on any atom is 0.161 e. The first-order chi connectivity index (χ1) is 9.86. The summed E-state index contributed by atoms with van der Waals surface area (Å²) in [5.74, 6) is 4.75. The second kappa shape index (κ2) is 6.72. The summed E-state index contributed by atoms with van der Waals surface area (Å²) in [6.07, 6.45) is 3.91. The molecule has 0 spiro atoms. The molecule has 20 heavy (non-hydrogen) atoms. The Hall–Kier alpha value is -0.870. The van der Waals surface area contributed by atoms with E-state index in [0.29, 0.717) is 12.0 Å². The first-order valence-electron chi connectivity index (χ1n) is 7.50. The van der Waals surface area contributed by atoms with Crippen LogP contribution in [0.3, 0.4) is 0 Å². The van der Waals surface area contributed by atoms with Crippen LogP contribution in [0.4, 0.5) is 0 Å². The van der Waals surface area contributed by atoms with Crippen LogP contribution in [-0.4, -0.2) is 37.8 Å². The Kier molecular flexibility index (Phi) is 4.73. The number of nitrogens with one attached hydrogen (secondary N) is 1. The van der Waals surface area contributed by atoms with Gasteiger partial charge >= 0.3 is 0 Å². The van der Waals surface area contributed by atoms with Gasteiger partial charge in [0, 0.05) is 5.75 Å². The lowest BCUT2D eigenvalue weighted by molar-refractivity contribution is 0.218. The van der Waals surface area contributed by atoms with Crippen molar-refractivity contribution in [2.45, 2.75) is 31.3 Å². The van der Waals surface area contributed by atoms with Gasteiger partial charge in [0.05, 0.1) is 7.11 Å². The zero-order valence-corrected chi connectivity index (χ0v) is 12.9. The normalized spacial score (nSPS) is 23.8. The molecular weight excluding hydrogens is 270 g/mol. The number of thioether (sulfide) groups is 1. The maximum absolute atomic E-state index is 6.08. The van der Waals surface area contributed by atoms with E-state index in [-0.39, 0.29) is 0 Å². The lowest BCUT2D eigenvalue weighted by Gasteiger charge is -2.24. The molecule has 0 amide bonds. The summed E-state index contributed by atoms with van der Waals surface area (Å²) < 4.78 is 11.6. The quantitative estimate of drug-likeness (QED) is 0.924. The van der Waals surface area contributed by atoms with Gasteiger partial charge in [-0.2, -0.15) is 11.8 Å². The van der Waals surface area contributed by atoms with Crippen molar-refractivity contribution in [2.75, 3.05) is 31.7 Å². The van der Waals surface area contributed by atoms with E-state index in [4.69, 9.17) is 9.47 Å². The molecule has 1 atom stereocenters. The van der Waals surface area contributed by atoms with Crippen LogP contribution < -0.4 is 14.8 Å². The van der Waals surface area contributed by atoms with E-state index in [0.717, 1.165) is 36.8 Å². The largest absolute Gasteiger partial charge is 0.493 e. The van der Waals surface area contributed by atoms with Gasteiger partial charge in [-0.05, 0) is 61.7 Å². The molecule has 110 valence electrons. The minimum atomic E-state index is 0.346. The molecular formula is C16H23NO2S. The molecule has 2 aliphatic heterocycles. The number of hydrogen-bond acceptors (Lipinski definition) is 4. The van der Waals surface area contributed by atoms with Gasteiger partial charge in [0.25, 0.3) is 0 Å². The third-order valence-electron chi connectivity index (χ3n) is 4.18. The molecule has 3 rings (SSSR count). The average molecular weight is 293 g/mol. The molecule has 0 aromatic heterocycles. The molecule has 0 aliphatic carbocycles. The first kappa shape index (κ1) is 14.1. The molecule has 1 aromatic rings. The van der Waals surface area contributed by atoms with Crippen molar-refractivity contribution in [1.29, 1.82) is 0 Å². The molecule has 3 nitrogen and oxygen atoms in total. The lowest BCUT2D eigenvalue weighted by atomic mass is 9.90. The third-order valence-corrected chi connectivity index (χ3v) is 5.31. The third kappa shape index (κ3) is 3.23. The number of rotatable bonds is 4. The van der Waals surface area contributed by atoms with Gasteiger partial charge in [0.2, 0.25) is 0 Å². The number of ether oxygens (including phenoxy) is 2. The summed E-state index contributed by atoms with van der Waals surface area (Å²) in [4.78, 5) is 0. The van der Waals surface area contributed by atoms with Crippen molar-refractivity contribution in [3.05, 3.63) is 23.8 Å². The Morgan fingerprint density at radius 3 is 2.70 bits per heavy atom. The van der Waals surface area contributed by atoms with Crippen LogP contribution in [0.15, 0.2) is 18.2 Å². The topological polar surface area (TPSA) is 30.5 Å². The fraction of sp³-hybridized carbons (Fsp3) is 0.625. The summed E-state index contributed by atoms with van der Waals surface area (Å²) in [6.45, 7) is 2.23. The molecule has 4 heteroatoms. The van der Waals surface area contributed by atoms with Gasteiger partial charge in [-0.25, -0.2) is 0 Å². The minimum absolute atomic E-state index is 0.346. The fourth-order valence-corrected chi connectivity index (χ4v) is 4.07. The number of methoxy groups -OCH3 is 1. The molecule has 1 N–H and O–H groups in total. The zero-order chi connectivity index (χ0) is 13.8. The van der Waals surface area contributed by atoms with Gasteiger partial charge < -0.3 is 14.8 Å². The fourth-order valence-electron chi connectivity index (χ4n) is 2.98. The van der Waals surface area contributed by atoms with Gasteiger partial charge in [0.1, 0.15) is 6.10 Å². The highest BCUT2D eigenvalue weighted by molar-refractivity contribution is 7.99. The Bertz CT molecular complexity index is 440. The highest BCUT2D eigenvalue weighted by atomic mass is 32.2. The second-order valence-electron chi connectivity index (χ2n) is 5.54. The maximum atomic E-state index is 6.08. The standard InChI is InChI=1S/C16H23NO2S/c1-18-16-10-13(12-4-7-17-8-5-12)2-3-15(16)19-14-6-9-20-11-14/h2-3,10,12,14,17H,4-9,11H2,1H3. The highest BCUT2D eigenvalue weighted by Crippen LogP contribution is 2.35. The number of hydrogen-bond donors (Lipinski definition) is 1. The van der Waals surface area contributed by atoms with Crippen LogP contribution in [0.1, 0.15) is 30.7 Å². The smallest absolute Gasteiger partial charge is 0.161 e. The van der Waals surface area contributed by atoms with Crippen molar-refractivity contribution in [2.24, 2.45) is 0 Å². The number of benzene rings is 1. The summed E-state index contributed by atoms with van der Waals surface area (Å²) in [5.41, 5.74) is 1.39. The molecule has 2 aliphatic rings. The Morgan fingerprint density at radius 1 is 1.15 bits per heavy atom. The summed E-state index contributed by atoms with van der Waals surface area (Å²) in [6, 6.07) is 6.49. The molecule has 2 saturated heterocycles. The van der Waals surface area contributed by atoms with Crippen molar-refractivity contribution in [3.63, 3.8) is 0 Å². The summed E-state index contributed by atoms with van der Waals surface area (Å²) in [7, 11) is 1.73.